The highest BCUT2D eigenvalue weighted by atomic mass is 16.6. The highest BCUT2D eigenvalue weighted by molar-refractivity contribution is 6.01. The van der Waals surface area contributed by atoms with E-state index in [-0.39, 0.29) is 23.2 Å². The van der Waals surface area contributed by atoms with E-state index in [1.807, 2.05) is 20.8 Å². The van der Waals surface area contributed by atoms with E-state index in [0.717, 1.165) is 5.01 Å². The molecular formula is C19H21N3O4. The second-order valence-electron chi connectivity index (χ2n) is 7.03. The first-order valence-electron chi connectivity index (χ1n) is 8.10. The summed E-state index contributed by atoms with van der Waals surface area (Å²) in [5.74, 6) is -1.08. The van der Waals surface area contributed by atoms with Crippen molar-refractivity contribution in [2.75, 3.05) is 6.54 Å². The Labute approximate surface area is 151 Å². The van der Waals surface area contributed by atoms with E-state index in [2.05, 4.69) is 5.43 Å². The van der Waals surface area contributed by atoms with Gasteiger partial charge >= 0.3 is 0 Å². The van der Waals surface area contributed by atoms with Crippen molar-refractivity contribution in [3.8, 4) is 0 Å². The maximum Gasteiger partial charge on any atom is 0.282 e. The summed E-state index contributed by atoms with van der Waals surface area (Å²) in [6.07, 6.45) is 0. The number of nitrogens with one attached hydrogen (secondary N) is 1. The first kappa shape index (κ1) is 19.1. The third kappa shape index (κ3) is 4.89. The quantitative estimate of drug-likeness (QED) is 0.672. The van der Waals surface area contributed by atoms with Crippen molar-refractivity contribution in [2.45, 2.75) is 20.8 Å². The predicted octanol–water partition coefficient (Wildman–Crippen LogP) is 3.43. The number of benzene rings is 2. The van der Waals surface area contributed by atoms with E-state index in [4.69, 9.17) is 0 Å². The Morgan fingerprint density at radius 1 is 1.04 bits per heavy atom. The van der Waals surface area contributed by atoms with Crippen LogP contribution in [0, 0.1) is 15.5 Å². The first-order chi connectivity index (χ1) is 12.2. The zero-order chi connectivity index (χ0) is 19.3. The number of nitro benzene ring substituents is 1. The average Bonchev–Trinajstić information content (AvgIpc) is 2.60. The lowest BCUT2D eigenvalue weighted by atomic mass is 9.96. The summed E-state index contributed by atoms with van der Waals surface area (Å²) in [7, 11) is 0. The fourth-order valence-electron chi connectivity index (χ4n) is 2.37. The van der Waals surface area contributed by atoms with Gasteiger partial charge in [0, 0.05) is 18.2 Å². The van der Waals surface area contributed by atoms with Gasteiger partial charge in [0.2, 0.25) is 0 Å². The van der Waals surface area contributed by atoms with Crippen molar-refractivity contribution < 1.29 is 14.5 Å². The summed E-state index contributed by atoms with van der Waals surface area (Å²) < 4.78 is 0. The van der Waals surface area contributed by atoms with Crippen molar-refractivity contribution >= 4 is 17.5 Å². The van der Waals surface area contributed by atoms with E-state index in [1.54, 1.807) is 36.4 Å². The number of hydrogen-bond acceptors (Lipinski definition) is 4. The van der Waals surface area contributed by atoms with Crippen LogP contribution in [0.15, 0.2) is 54.6 Å². The molecule has 2 aromatic rings. The van der Waals surface area contributed by atoms with Gasteiger partial charge in [0.15, 0.2) is 0 Å². The number of para-hydroxylation sites is 1. The van der Waals surface area contributed by atoms with Crippen molar-refractivity contribution in [3.63, 3.8) is 0 Å². The smallest absolute Gasteiger partial charge is 0.267 e. The van der Waals surface area contributed by atoms with Crippen LogP contribution in [-0.4, -0.2) is 28.3 Å². The molecule has 0 aliphatic heterocycles. The van der Waals surface area contributed by atoms with Gasteiger partial charge in [0.25, 0.3) is 17.5 Å². The van der Waals surface area contributed by atoms with Gasteiger partial charge in [-0.3, -0.25) is 25.1 Å². The summed E-state index contributed by atoms with van der Waals surface area (Å²) in [6, 6.07) is 14.1. The minimum atomic E-state index is -0.628. The molecule has 1 N–H and O–H groups in total. The molecule has 0 atom stereocenters. The summed E-state index contributed by atoms with van der Waals surface area (Å²) >= 11 is 0. The van der Waals surface area contributed by atoms with E-state index in [1.165, 1.54) is 18.2 Å². The van der Waals surface area contributed by atoms with Crippen LogP contribution < -0.4 is 5.43 Å². The van der Waals surface area contributed by atoms with Crippen LogP contribution >= 0.6 is 0 Å². The number of carbonyl (C=O) groups is 2. The lowest BCUT2D eigenvalue weighted by molar-refractivity contribution is -0.385. The van der Waals surface area contributed by atoms with Gasteiger partial charge in [0.05, 0.1) is 4.92 Å². The minimum Gasteiger partial charge on any atom is -0.267 e. The number of rotatable bonds is 4. The molecule has 2 amide bonds. The maximum atomic E-state index is 12.9. The van der Waals surface area contributed by atoms with Gasteiger partial charge in [-0.1, -0.05) is 51.1 Å². The van der Waals surface area contributed by atoms with E-state index in [9.17, 15) is 19.7 Å². The van der Waals surface area contributed by atoms with Crippen LogP contribution in [0.5, 0.6) is 0 Å². The largest absolute Gasteiger partial charge is 0.282 e. The second kappa shape index (κ2) is 7.77. The summed E-state index contributed by atoms with van der Waals surface area (Å²) in [6.45, 7) is 5.90. The number of hydrogen-bond donors (Lipinski definition) is 1. The van der Waals surface area contributed by atoms with Crippen LogP contribution in [0.1, 0.15) is 41.5 Å². The lowest BCUT2D eigenvalue weighted by Crippen LogP contribution is -2.49. The molecule has 7 heteroatoms. The molecule has 0 bridgehead atoms. The number of carbonyl (C=O) groups excluding carboxylic acids is 2. The number of nitro groups is 1. The van der Waals surface area contributed by atoms with Gasteiger partial charge in [-0.05, 0) is 23.6 Å². The molecule has 0 aromatic heterocycles. The molecule has 0 saturated heterocycles. The van der Waals surface area contributed by atoms with Crippen molar-refractivity contribution in [2.24, 2.45) is 5.41 Å². The third-order valence-corrected chi connectivity index (χ3v) is 3.48. The minimum absolute atomic E-state index is 0.0740. The lowest BCUT2D eigenvalue weighted by Gasteiger charge is -2.30. The van der Waals surface area contributed by atoms with Crippen molar-refractivity contribution in [1.29, 1.82) is 0 Å². The summed E-state index contributed by atoms with van der Waals surface area (Å²) in [5.41, 5.74) is 2.26. The Morgan fingerprint density at radius 2 is 1.62 bits per heavy atom. The molecular weight excluding hydrogens is 334 g/mol. The fourth-order valence-corrected chi connectivity index (χ4v) is 2.37. The van der Waals surface area contributed by atoms with Gasteiger partial charge < -0.3 is 0 Å². The molecule has 0 heterocycles. The fraction of sp³-hybridized carbons (Fsp3) is 0.263. The summed E-state index contributed by atoms with van der Waals surface area (Å²) in [5, 5.41) is 12.4. The van der Waals surface area contributed by atoms with Gasteiger partial charge in [-0.25, -0.2) is 5.01 Å². The van der Waals surface area contributed by atoms with E-state index < -0.39 is 16.7 Å². The third-order valence-electron chi connectivity index (χ3n) is 3.48. The number of nitrogens with zero attached hydrogens (tertiary/aromatic N) is 2. The molecule has 26 heavy (non-hydrogen) atoms. The Kier molecular flexibility index (Phi) is 5.71. The topological polar surface area (TPSA) is 92.6 Å². The Hall–Kier alpha value is -3.22. The molecule has 0 spiro atoms. The van der Waals surface area contributed by atoms with Crippen molar-refractivity contribution in [3.05, 3.63) is 75.8 Å². The zero-order valence-electron chi connectivity index (χ0n) is 14.9. The van der Waals surface area contributed by atoms with E-state index >= 15 is 0 Å². The van der Waals surface area contributed by atoms with E-state index in [0.29, 0.717) is 5.56 Å². The molecule has 136 valence electrons. The highest BCUT2D eigenvalue weighted by Gasteiger charge is 2.28. The Morgan fingerprint density at radius 3 is 2.19 bits per heavy atom. The predicted molar refractivity (Wildman–Crippen MR) is 97.5 cm³/mol. The van der Waals surface area contributed by atoms with Gasteiger partial charge in [-0.15, -0.1) is 0 Å². The van der Waals surface area contributed by atoms with Crippen LogP contribution in [0.25, 0.3) is 0 Å². The molecule has 0 fully saturated rings. The summed E-state index contributed by atoms with van der Waals surface area (Å²) in [4.78, 5) is 36.0. The van der Waals surface area contributed by atoms with Crippen LogP contribution in [0.4, 0.5) is 5.69 Å². The normalized spacial score (nSPS) is 10.9. The highest BCUT2D eigenvalue weighted by Crippen LogP contribution is 2.22. The molecule has 0 aliphatic rings. The number of amides is 2. The molecule has 0 unspecified atom stereocenters. The molecule has 0 saturated carbocycles. The van der Waals surface area contributed by atoms with Crippen LogP contribution in [0.3, 0.4) is 0 Å². The molecule has 0 aliphatic carbocycles. The molecule has 2 aromatic carbocycles. The molecule has 7 nitrogen and oxygen atoms in total. The molecule has 2 rings (SSSR count). The van der Waals surface area contributed by atoms with Crippen LogP contribution in [-0.2, 0) is 0 Å². The van der Waals surface area contributed by atoms with Crippen molar-refractivity contribution in [1.82, 2.24) is 10.4 Å². The first-order valence-corrected chi connectivity index (χ1v) is 8.10. The maximum absolute atomic E-state index is 12.9. The number of hydrazine groups is 1. The zero-order valence-corrected chi connectivity index (χ0v) is 14.9. The molecule has 0 radical (unpaired) electrons. The standard InChI is InChI=1S/C19H21N3O4/c1-19(2,3)13-21(20-17(23)14-9-5-4-6-10-14)18(24)15-11-7-8-12-16(15)22(25)26/h4-12H,13H2,1-3H3,(H,20,23). The Bertz CT molecular complexity index is 813. The van der Waals surface area contributed by atoms with Gasteiger partial charge in [-0.2, -0.15) is 0 Å². The second-order valence-corrected chi connectivity index (χ2v) is 7.03. The van der Waals surface area contributed by atoms with Crippen LogP contribution in [0.2, 0.25) is 0 Å². The average molecular weight is 355 g/mol. The SMILES string of the molecule is CC(C)(C)CN(NC(=O)c1ccccc1)C(=O)c1ccccc1[N+](=O)[O-]. The monoisotopic (exact) mass is 355 g/mol. The van der Waals surface area contributed by atoms with Gasteiger partial charge in [0.1, 0.15) is 5.56 Å². The Balaban J connectivity index is 2.34.